The molecule has 0 amide bonds. The van der Waals surface area contributed by atoms with Gasteiger partial charge in [0.1, 0.15) is 5.75 Å². The molecule has 0 atom stereocenters. The van der Waals surface area contributed by atoms with E-state index >= 15 is 0 Å². The van der Waals surface area contributed by atoms with Crippen molar-refractivity contribution in [2.75, 3.05) is 0 Å². The molecule has 0 fully saturated rings. The summed E-state index contributed by atoms with van der Waals surface area (Å²) in [4.78, 5) is 0. The number of benzene rings is 2. The summed E-state index contributed by atoms with van der Waals surface area (Å²) in [6, 6.07) is 7.56. The van der Waals surface area contributed by atoms with Gasteiger partial charge in [0.25, 0.3) is 0 Å². The highest BCUT2D eigenvalue weighted by molar-refractivity contribution is 9.10. The summed E-state index contributed by atoms with van der Waals surface area (Å²) in [7, 11) is 0. The monoisotopic (exact) mass is 391 g/mol. The SMILES string of the molecule is NCc1ccc(Oc2cc(Br)cc(F)c2F)c(Br)c1. The normalized spacial score (nSPS) is 10.6. The second-order valence-corrected chi connectivity index (χ2v) is 5.54. The van der Waals surface area contributed by atoms with Crippen LogP contribution in [0.4, 0.5) is 8.78 Å². The van der Waals surface area contributed by atoms with Crippen LogP contribution in [0.5, 0.6) is 11.5 Å². The van der Waals surface area contributed by atoms with Gasteiger partial charge in [-0.3, -0.25) is 0 Å². The van der Waals surface area contributed by atoms with Crippen LogP contribution in [-0.2, 0) is 6.54 Å². The third-order valence-electron chi connectivity index (χ3n) is 2.41. The fourth-order valence-corrected chi connectivity index (χ4v) is 2.40. The van der Waals surface area contributed by atoms with Crippen LogP contribution in [0.2, 0.25) is 0 Å². The number of hydrogen-bond acceptors (Lipinski definition) is 2. The van der Waals surface area contributed by atoms with Crippen LogP contribution in [0.3, 0.4) is 0 Å². The highest BCUT2D eigenvalue weighted by Crippen LogP contribution is 2.34. The van der Waals surface area contributed by atoms with Crippen LogP contribution in [0.25, 0.3) is 0 Å². The molecule has 0 aliphatic rings. The first-order chi connectivity index (χ1) is 9.01. The van der Waals surface area contributed by atoms with Gasteiger partial charge in [0, 0.05) is 11.0 Å². The summed E-state index contributed by atoms with van der Waals surface area (Å²) in [5.41, 5.74) is 6.41. The Hall–Kier alpha value is -0.980. The molecule has 2 aromatic carbocycles. The first kappa shape index (κ1) is 14.4. The fraction of sp³-hybridized carbons (Fsp3) is 0.0769. The Morgan fingerprint density at radius 1 is 1.05 bits per heavy atom. The third-order valence-corrected chi connectivity index (χ3v) is 3.49. The summed E-state index contributed by atoms with van der Waals surface area (Å²) in [6.45, 7) is 0.388. The van der Waals surface area contributed by atoms with Crippen LogP contribution in [0.15, 0.2) is 39.3 Å². The Bertz CT molecular complexity index is 620. The van der Waals surface area contributed by atoms with Gasteiger partial charge in [-0.2, -0.15) is 4.39 Å². The molecule has 0 unspecified atom stereocenters. The minimum atomic E-state index is -1.03. The van der Waals surface area contributed by atoms with Crippen molar-refractivity contribution < 1.29 is 13.5 Å². The van der Waals surface area contributed by atoms with E-state index in [1.54, 1.807) is 18.2 Å². The average molecular weight is 393 g/mol. The molecule has 0 heterocycles. The highest BCUT2D eigenvalue weighted by atomic mass is 79.9. The molecule has 0 radical (unpaired) electrons. The third kappa shape index (κ3) is 3.32. The van der Waals surface area contributed by atoms with Crippen molar-refractivity contribution in [2.24, 2.45) is 5.73 Å². The summed E-state index contributed by atoms with van der Waals surface area (Å²) in [5, 5.41) is 0. The molecule has 0 saturated heterocycles. The molecular weight excluding hydrogens is 384 g/mol. The Morgan fingerprint density at radius 3 is 2.42 bits per heavy atom. The number of ether oxygens (including phenoxy) is 1. The van der Waals surface area contributed by atoms with Crippen molar-refractivity contribution in [3.8, 4) is 11.5 Å². The van der Waals surface area contributed by atoms with Gasteiger partial charge in [0.2, 0.25) is 5.82 Å². The summed E-state index contributed by atoms with van der Waals surface area (Å²) < 4.78 is 33.2. The zero-order chi connectivity index (χ0) is 14.0. The largest absolute Gasteiger partial charge is 0.453 e. The Morgan fingerprint density at radius 2 is 1.79 bits per heavy atom. The van der Waals surface area contributed by atoms with Gasteiger partial charge < -0.3 is 10.5 Å². The first-order valence-corrected chi connectivity index (χ1v) is 6.90. The number of nitrogens with two attached hydrogens (primary N) is 1. The van der Waals surface area contributed by atoms with E-state index < -0.39 is 11.6 Å². The lowest BCUT2D eigenvalue weighted by molar-refractivity contribution is 0.414. The van der Waals surface area contributed by atoms with Crippen molar-refractivity contribution in [3.63, 3.8) is 0 Å². The molecule has 6 heteroatoms. The Kier molecular flexibility index (Phi) is 4.54. The van der Waals surface area contributed by atoms with Gasteiger partial charge in [-0.1, -0.05) is 22.0 Å². The van der Waals surface area contributed by atoms with Crippen molar-refractivity contribution >= 4 is 31.9 Å². The molecule has 2 rings (SSSR count). The lowest BCUT2D eigenvalue weighted by Gasteiger charge is -2.10. The van der Waals surface area contributed by atoms with E-state index in [2.05, 4.69) is 31.9 Å². The molecule has 2 N–H and O–H groups in total. The molecular formula is C13H9Br2F2NO. The molecule has 2 nitrogen and oxygen atoms in total. The zero-order valence-corrected chi connectivity index (χ0v) is 12.8. The number of halogens is 4. The van der Waals surface area contributed by atoms with Crippen molar-refractivity contribution in [2.45, 2.75) is 6.54 Å². The summed E-state index contributed by atoms with van der Waals surface area (Å²) in [5.74, 6) is -1.81. The Labute approximate surface area is 125 Å². The van der Waals surface area contributed by atoms with E-state index in [1.165, 1.54) is 6.07 Å². The second kappa shape index (κ2) is 5.98. The molecule has 0 aliphatic heterocycles. The molecule has 0 aromatic heterocycles. The molecule has 0 bridgehead atoms. The maximum Gasteiger partial charge on any atom is 0.201 e. The molecule has 2 aromatic rings. The van der Waals surface area contributed by atoms with Gasteiger partial charge >= 0.3 is 0 Å². The van der Waals surface area contributed by atoms with Gasteiger partial charge in [-0.15, -0.1) is 0 Å². The Balaban J connectivity index is 2.36. The maximum atomic E-state index is 13.6. The molecule has 19 heavy (non-hydrogen) atoms. The molecule has 100 valence electrons. The second-order valence-electron chi connectivity index (χ2n) is 3.77. The van der Waals surface area contributed by atoms with E-state index in [4.69, 9.17) is 10.5 Å². The van der Waals surface area contributed by atoms with Crippen LogP contribution in [0, 0.1) is 11.6 Å². The van der Waals surface area contributed by atoms with Crippen molar-refractivity contribution in [3.05, 3.63) is 56.5 Å². The number of hydrogen-bond donors (Lipinski definition) is 1. The van der Waals surface area contributed by atoms with Crippen LogP contribution < -0.4 is 10.5 Å². The van der Waals surface area contributed by atoms with E-state index in [0.29, 0.717) is 21.2 Å². The number of rotatable bonds is 3. The fourth-order valence-electron chi connectivity index (χ4n) is 1.48. The van der Waals surface area contributed by atoms with Gasteiger partial charge in [0.05, 0.1) is 4.47 Å². The highest BCUT2D eigenvalue weighted by Gasteiger charge is 2.13. The smallest absolute Gasteiger partial charge is 0.201 e. The molecule has 0 saturated carbocycles. The molecule has 0 aliphatic carbocycles. The topological polar surface area (TPSA) is 35.2 Å². The predicted molar refractivity (Wildman–Crippen MR) is 76.2 cm³/mol. The van der Waals surface area contributed by atoms with E-state index in [-0.39, 0.29) is 5.75 Å². The predicted octanol–water partition coefficient (Wildman–Crippen LogP) is 4.74. The minimum Gasteiger partial charge on any atom is -0.453 e. The first-order valence-electron chi connectivity index (χ1n) is 5.32. The van der Waals surface area contributed by atoms with E-state index in [0.717, 1.165) is 11.6 Å². The van der Waals surface area contributed by atoms with Crippen LogP contribution in [0.1, 0.15) is 5.56 Å². The van der Waals surface area contributed by atoms with E-state index in [9.17, 15) is 8.78 Å². The maximum absolute atomic E-state index is 13.6. The lowest BCUT2D eigenvalue weighted by atomic mass is 10.2. The summed E-state index contributed by atoms with van der Waals surface area (Å²) >= 11 is 6.39. The van der Waals surface area contributed by atoms with Crippen LogP contribution in [-0.4, -0.2) is 0 Å². The van der Waals surface area contributed by atoms with E-state index in [1.807, 2.05) is 0 Å². The van der Waals surface area contributed by atoms with Crippen molar-refractivity contribution in [1.82, 2.24) is 0 Å². The van der Waals surface area contributed by atoms with Gasteiger partial charge in [-0.25, -0.2) is 4.39 Å². The zero-order valence-electron chi connectivity index (χ0n) is 9.59. The van der Waals surface area contributed by atoms with Gasteiger partial charge in [0.15, 0.2) is 11.6 Å². The minimum absolute atomic E-state index is 0.187. The summed E-state index contributed by atoms with van der Waals surface area (Å²) in [6.07, 6.45) is 0. The average Bonchev–Trinajstić information content (AvgIpc) is 2.37. The van der Waals surface area contributed by atoms with Crippen molar-refractivity contribution in [1.29, 1.82) is 0 Å². The standard InChI is InChI=1S/C13H9Br2F2NO/c14-8-4-10(16)13(17)12(5-8)19-11-2-1-7(6-18)3-9(11)15/h1-5H,6,18H2. The quantitative estimate of drug-likeness (QED) is 0.765. The van der Waals surface area contributed by atoms with Crippen LogP contribution >= 0.6 is 31.9 Å². The van der Waals surface area contributed by atoms with Gasteiger partial charge in [-0.05, 0) is 45.8 Å². The lowest BCUT2D eigenvalue weighted by Crippen LogP contribution is -1.97. The molecule has 0 spiro atoms.